The minimum atomic E-state index is -0.392. The summed E-state index contributed by atoms with van der Waals surface area (Å²) in [7, 11) is 3.49. The van der Waals surface area contributed by atoms with Crippen LogP contribution < -0.4 is 4.74 Å². The van der Waals surface area contributed by atoms with Crippen LogP contribution in [0.5, 0.6) is 5.75 Å². The van der Waals surface area contributed by atoms with Gasteiger partial charge in [0.25, 0.3) is 5.91 Å². The molecule has 1 aliphatic rings. The molecule has 130 valence electrons. The minimum absolute atomic E-state index is 0.00313. The number of morpholine rings is 1. The summed E-state index contributed by atoms with van der Waals surface area (Å²) >= 11 is 0. The third-order valence-electron chi connectivity index (χ3n) is 3.97. The fourth-order valence-corrected chi connectivity index (χ4v) is 2.95. The largest absolute Gasteiger partial charge is 0.480 e. The van der Waals surface area contributed by atoms with Gasteiger partial charge in [0.05, 0.1) is 24.0 Å². The van der Waals surface area contributed by atoms with E-state index >= 15 is 0 Å². The van der Waals surface area contributed by atoms with E-state index in [-0.39, 0.29) is 18.6 Å². The highest BCUT2D eigenvalue weighted by molar-refractivity contribution is 5.78. The van der Waals surface area contributed by atoms with Gasteiger partial charge in [0.1, 0.15) is 5.69 Å². The average molecular weight is 325 g/mol. The molecule has 1 aromatic heterocycles. The van der Waals surface area contributed by atoms with Crippen LogP contribution in [0, 0.1) is 13.8 Å². The number of amides is 1. The fourth-order valence-electron chi connectivity index (χ4n) is 2.95. The molecule has 0 aromatic carbocycles. The second kappa shape index (κ2) is 6.88. The Morgan fingerprint density at radius 3 is 2.70 bits per heavy atom. The van der Waals surface area contributed by atoms with Crippen molar-refractivity contribution in [3.05, 3.63) is 11.4 Å². The molecular formula is C16H27N3O4. The molecule has 1 amide bonds. The maximum atomic E-state index is 12.5. The van der Waals surface area contributed by atoms with Crippen LogP contribution in [-0.2, 0) is 21.3 Å². The summed E-state index contributed by atoms with van der Waals surface area (Å²) in [5, 5.41) is 4.29. The quantitative estimate of drug-likeness (QED) is 0.810. The van der Waals surface area contributed by atoms with Crippen LogP contribution >= 0.6 is 0 Å². The molecule has 7 nitrogen and oxygen atoms in total. The van der Waals surface area contributed by atoms with Crippen molar-refractivity contribution in [3.8, 4) is 5.75 Å². The normalized spacial score (nSPS) is 20.6. The van der Waals surface area contributed by atoms with Crippen LogP contribution in [0.25, 0.3) is 0 Å². The summed E-state index contributed by atoms with van der Waals surface area (Å²) in [6, 6.07) is 0. The maximum absolute atomic E-state index is 12.5. The zero-order chi connectivity index (χ0) is 17.2. The molecule has 0 saturated carbocycles. The summed E-state index contributed by atoms with van der Waals surface area (Å²) in [6.07, 6.45) is -0.116. The van der Waals surface area contributed by atoms with Crippen molar-refractivity contribution < 1.29 is 19.0 Å². The lowest BCUT2D eigenvalue weighted by Gasteiger charge is -2.42. The van der Waals surface area contributed by atoms with Crippen LogP contribution in [-0.4, -0.2) is 65.7 Å². The number of ether oxygens (including phenoxy) is 3. The smallest absolute Gasteiger partial charge is 0.260 e. The van der Waals surface area contributed by atoms with Gasteiger partial charge in [-0.15, -0.1) is 0 Å². The summed E-state index contributed by atoms with van der Waals surface area (Å²) in [5.41, 5.74) is 1.31. The van der Waals surface area contributed by atoms with Crippen LogP contribution in [0.3, 0.4) is 0 Å². The number of carbonyl (C=O) groups is 1. The number of hydrogen-bond acceptors (Lipinski definition) is 5. The highest BCUT2D eigenvalue weighted by Gasteiger charge is 2.35. The van der Waals surface area contributed by atoms with Gasteiger partial charge in [0.15, 0.2) is 12.4 Å². The molecule has 1 aromatic rings. The predicted molar refractivity (Wildman–Crippen MR) is 85.6 cm³/mol. The van der Waals surface area contributed by atoms with Crippen molar-refractivity contribution in [2.24, 2.45) is 7.05 Å². The van der Waals surface area contributed by atoms with Gasteiger partial charge in [-0.25, -0.2) is 0 Å². The van der Waals surface area contributed by atoms with E-state index in [2.05, 4.69) is 5.10 Å². The molecule has 1 unspecified atom stereocenters. The Morgan fingerprint density at radius 2 is 2.13 bits per heavy atom. The number of aromatic nitrogens is 2. The van der Waals surface area contributed by atoms with Gasteiger partial charge in [0.2, 0.25) is 0 Å². The standard InChI is InChI=1S/C16H27N3O4/c1-11-15(12(2)18(5)17-11)22-9-14(20)19-7-13(8-21-6)23-16(3,4)10-19/h13H,7-10H2,1-6H3. The van der Waals surface area contributed by atoms with Gasteiger partial charge in [-0.1, -0.05) is 0 Å². The Kier molecular flexibility index (Phi) is 5.31. The van der Waals surface area contributed by atoms with Crippen molar-refractivity contribution in [3.63, 3.8) is 0 Å². The monoisotopic (exact) mass is 325 g/mol. The van der Waals surface area contributed by atoms with Gasteiger partial charge in [-0.05, 0) is 27.7 Å². The molecule has 1 atom stereocenters. The first-order chi connectivity index (χ1) is 10.7. The highest BCUT2D eigenvalue weighted by Crippen LogP contribution is 2.23. The van der Waals surface area contributed by atoms with Gasteiger partial charge in [-0.2, -0.15) is 5.10 Å². The molecule has 1 aliphatic heterocycles. The Balaban J connectivity index is 1.99. The lowest BCUT2D eigenvalue weighted by atomic mass is 10.1. The Hall–Kier alpha value is -1.60. The topological polar surface area (TPSA) is 65.8 Å². The zero-order valence-corrected chi connectivity index (χ0v) is 14.9. The van der Waals surface area contributed by atoms with E-state index in [4.69, 9.17) is 14.2 Å². The van der Waals surface area contributed by atoms with Gasteiger partial charge < -0.3 is 19.1 Å². The third kappa shape index (κ3) is 4.23. The third-order valence-corrected chi connectivity index (χ3v) is 3.97. The molecule has 1 saturated heterocycles. The second-order valence-corrected chi connectivity index (χ2v) is 6.64. The zero-order valence-electron chi connectivity index (χ0n) is 14.9. The van der Waals surface area contributed by atoms with Crippen LogP contribution in [0.1, 0.15) is 25.2 Å². The predicted octanol–water partition coefficient (Wildman–Crippen LogP) is 1.07. The number of carbonyl (C=O) groups excluding carboxylic acids is 1. The Bertz CT molecular complexity index is 568. The number of nitrogens with zero attached hydrogens (tertiary/aromatic N) is 3. The molecule has 7 heteroatoms. The lowest BCUT2D eigenvalue weighted by molar-refractivity contribution is -0.170. The van der Waals surface area contributed by atoms with Crippen LogP contribution in [0.15, 0.2) is 0 Å². The fraction of sp³-hybridized carbons (Fsp3) is 0.750. The number of aryl methyl sites for hydroxylation is 2. The van der Waals surface area contributed by atoms with E-state index in [0.717, 1.165) is 11.4 Å². The summed E-state index contributed by atoms with van der Waals surface area (Å²) in [5.74, 6) is 0.631. The van der Waals surface area contributed by atoms with E-state index in [1.165, 1.54) is 0 Å². The Morgan fingerprint density at radius 1 is 1.43 bits per heavy atom. The molecule has 0 aliphatic carbocycles. The maximum Gasteiger partial charge on any atom is 0.260 e. The minimum Gasteiger partial charge on any atom is -0.480 e. The molecule has 2 heterocycles. The van der Waals surface area contributed by atoms with Crippen molar-refractivity contribution in [2.45, 2.75) is 39.4 Å². The van der Waals surface area contributed by atoms with Gasteiger partial charge >= 0.3 is 0 Å². The molecule has 0 bridgehead atoms. The number of methoxy groups -OCH3 is 1. The first kappa shape index (κ1) is 17.7. The van der Waals surface area contributed by atoms with Crippen LogP contribution in [0.4, 0.5) is 0 Å². The molecule has 1 fully saturated rings. The van der Waals surface area contributed by atoms with E-state index in [9.17, 15) is 4.79 Å². The molecular weight excluding hydrogens is 298 g/mol. The van der Waals surface area contributed by atoms with E-state index < -0.39 is 5.60 Å². The van der Waals surface area contributed by atoms with E-state index in [1.54, 1.807) is 16.7 Å². The lowest BCUT2D eigenvalue weighted by Crippen LogP contribution is -2.56. The van der Waals surface area contributed by atoms with Crippen LogP contribution in [0.2, 0.25) is 0 Å². The molecule has 23 heavy (non-hydrogen) atoms. The Labute approximate surface area is 137 Å². The van der Waals surface area contributed by atoms with Crippen molar-refractivity contribution in [2.75, 3.05) is 33.4 Å². The molecule has 0 radical (unpaired) electrons. The number of hydrogen-bond donors (Lipinski definition) is 0. The molecule has 2 rings (SSSR count). The summed E-state index contributed by atoms with van der Waals surface area (Å²) < 4.78 is 18.6. The first-order valence-electron chi connectivity index (χ1n) is 7.81. The number of rotatable bonds is 5. The SMILES string of the molecule is COCC1CN(C(=O)COc2c(C)nn(C)c2C)CC(C)(C)O1. The van der Waals surface area contributed by atoms with Gasteiger partial charge in [0, 0.05) is 27.2 Å². The van der Waals surface area contributed by atoms with Crippen molar-refractivity contribution >= 4 is 5.91 Å². The summed E-state index contributed by atoms with van der Waals surface area (Å²) in [4.78, 5) is 14.3. The first-order valence-corrected chi connectivity index (χ1v) is 7.81. The molecule has 0 spiro atoms. The van der Waals surface area contributed by atoms with E-state index in [1.807, 2.05) is 34.7 Å². The average Bonchev–Trinajstić information content (AvgIpc) is 2.68. The van der Waals surface area contributed by atoms with Crippen molar-refractivity contribution in [1.82, 2.24) is 14.7 Å². The van der Waals surface area contributed by atoms with E-state index in [0.29, 0.717) is 25.4 Å². The highest BCUT2D eigenvalue weighted by atomic mass is 16.5. The van der Waals surface area contributed by atoms with Crippen molar-refractivity contribution in [1.29, 1.82) is 0 Å². The molecule has 0 N–H and O–H groups in total. The summed E-state index contributed by atoms with van der Waals surface area (Å²) in [6.45, 7) is 9.28. The second-order valence-electron chi connectivity index (χ2n) is 6.64. The van der Waals surface area contributed by atoms with Gasteiger partial charge in [-0.3, -0.25) is 9.48 Å².